The molecule has 0 saturated heterocycles. The normalized spacial score (nSPS) is 12.6. The van der Waals surface area contributed by atoms with Gasteiger partial charge in [-0.15, -0.1) is 0 Å². The minimum absolute atomic E-state index is 0.00171. The maximum Gasteiger partial charge on any atom is 0.200 e. The third-order valence-corrected chi connectivity index (χ3v) is 1.81. The van der Waals surface area contributed by atoms with Gasteiger partial charge >= 0.3 is 0 Å². The summed E-state index contributed by atoms with van der Waals surface area (Å²) in [5, 5.41) is 9.15. The molecule has 0 radical (unpaired) electrons. The minimum atomic E-state index is -0.123. The first-order chi connectivity index (χ1) is 5.24. The number of phenols is 1. The number of fused-ring (bicyclic) bond motifs is 2. The van der Waals surface area contributed by atoms with Gasteiger partial charge in [-0.05, 0) is 6.07 Å². The van der Waals surface area contributed by atoms with Crippen LogP contribution in [0.4, 0.5) is 0 Å². The average molecular weight is 150 g/mol. The summed E-state index contributed by atoms with van der Waals surface area (Å²) in [6.45, 7) is 0. The van der Waals surface area contributed by atoms with Crippen molar-refractivity contribution < 1.29 is 14.6 Å². The van der Waals surface area contributed by atoms with Crippen molar-refractivity contribution in [1.29, 1.82) is 0 Å². The number of carbonyl (C=O) groups excluding carboxylic acids is 1. The number of aromatic hydroxyl groups is 1. The Morgan fingerprint density at radius 2 is 2.09 bits per heavy atom. The third kappa shape index (κ3) is 0.596. The fraction of sp³-hybridized carbons (Fsp3) is 0.125. The van der Waals surface area contributed by atoms with E-state index in [4.69, 9.17) is 9.84 Å². The lowest BCUT2D eigenvalue weighted by Gasteiger charge is -2.18. The van der Waals surface area contributed by atoms with Gasteiger partial charge in [-0.3, -0.25) is 4.79 Å². The highest BCUT2D eigenvalue weighted by Gasteiger charge is 2.28. The minimum Gasteiger partial charge on any atom is -0.507 e. The molecule has 1 aromatic rings. The molecule has 0 atom stereocenters. The lowest BCUT2D eigenvalue weighted by molar-refractivity contribution is 0.101. The van der Waals surface area contributed by atoms with Gasteiger partial charge in [0, 0.05) is 6.07 Å². The van der Waals surface area contributed by atoms with Gasteiger partial charge in [-0.25, -0.2) is 0 Å². The van der Waals surface area contributed by atoms with E-state index in [2.05, 4.69) is 0 Å². The number of benzene rings is 1. The third-order valence-electron chi connectivity index (χ3n) is 1.81. The molecule has 0 unspecified atom stereocenters. The maximum absolute atomic E-state index is 11.0. The highest BCUT2D eigenvalue weighted by atomic mass is 16.5. The first-order valence-corrected chi connectivity index (χ1v) is 3.19. The largest absolute Gasteiger partial charge is 0.507 e. The van der Waals surface area contributed by atoms with Crippen molar-refractivity contribution in [2.24, 2.45) is 0 Å². The van der Waals surface area contributed by atoms with Crippen LogP contribution in [0, 0.1) is 0 Å². The molecule has 0 heterocycles. The summed E-state index contributed by atoms with van der Waals surface area (Å²) in [5.41, 5.74) is 0.945. The van der Waals surface area contributed by atoms with Gasteiger partial charge in [-0.2, -0.15) is 0 Å². The maximum atomic E-state index is 11.0. The molecule has 11 heavy (non-hydrogen) atoms. The summed E-state index contributed by atoms with van der Waals surface area (Å²) >= 11 is 0. The number of carbonyl (C=O) groups is 1. The lowest BCUT2D eigenvalue weighted by atomic mass is 9.89. The lowest BCUT2D eigenvalue weighted by Crippen LogP contribution is -2.14. The molecule has 2 aliphatic carbocycles. The number of rotatable bonds is 1. The molecule has 0 saturated carbocycles. The van der Waals surface area contributed by atoms with Crippen LogP contribution in [0.15, 0.2) is 12.1 Å². The number of hydrogen-bond acceptors (Lipinski definition) is 3. The molecule has 1 N–H and O–H groups in total. The van der Waals surface area contributed by atoms with Crippen LogP contribution in [0.3, 0.4) is 0 Å². The molecular weight excluding hydrogens is 144 g/mol. The first-order valence-electron chi connectivity index (χ1n) is 3.19. The van der Waals surface area contributed by atoms with E-state index in [9.17, 15) is 4.79 Å². The van der Waals surface area contributed by atoms with E-state index in [1.165, 1.54) is 13.2 Å². The van der Waals surface area contributed by atoms with Crippen molar-refractivity contribution in [2.75, 3.05) is 7.11 Å². The van der Waals surface area contributed by atoms with Crippen molar-refractivity contribution in [3.8, 4) is 11.5 Å². The second-order valence-corrected chi connectivity index (χ2v) is 2.40. The summed E-state index contributed by atoms with van der Waals surface area (Å²) in [5.74, 6) is 0.325. The highest BCUT2D eigenvalue weighted by Crippen LogP contribution is 2.38. The summed E-state index contributed by atoms with van der Waals surface area (Å²) < 4.78 is 4.86. The van der Waals surface area contributed by atoms with Crippen LogP contribution in [0.1, 0.15) is 15.9 Å². The Morgan fingerprint density at radius 3 is 2.55 bits per heavy atom. The SMILES string of the molecule is COc1cc(O)c2cc1C2=O. The molecule has 3 rings (SSSR count). The van der Waals surface area contributed by atoms with Gasteiger partial charge in [0.2, 0.25) is 5.78 Å². The molecule has 3 nitrogen and oxygen atoms in total. The monoisotopic (exact) mass is 150 g/mol. The number of ketones is 1. The molecule has 3 heteroatoms. The average Bonchev–Trinajstić information content (AvgIpc) is 2.01. The standard InChI is InChI=1S/C8H6O3/c1-11-7-3-6(9)4-2-5(7)8(4)10/h2-3,9H,1H3. The topological polar surface area (TPSA) is 46.5 Å². The molecule has 2 bridgehead atoms. The smallest absolute Gasteiger partial charge is 0.200 e. The Kier molecular flexibility index (Phi) is 0.990. The van der Waals surface area contributed by atoms with E-state index < -0.39 is 0 Å². The zero-order valence-electron chi connectivity index (χ0n) is 5.92. The first kappa shape index (κ1) is 6.22. The van der Waals surface area contributed by atoms with Crippen LogP contribution >= 0.6 is 0 Å². The molecule has 0 aliphatic heterocycles. The predicted molar refractivity (Wildman–Crippen MR) is 38.1 cm³/mol. The Labute approximate surface area is 63.2 Å². The number of methoxy groups -OCH3 is 1. The van der Waals surface area contributed by atoms with Crippen LogP contribution < -0.4 is 4.74 Å². The van der Waals surface area contributed by atoms with Gasteiger partial charge in [0.05, 0.1) is 18.2 Å². The van der Waals surface area contributed by atoms with E-state index in [1.54, 1.807) is 6.07 Å². The van der Waals surface area contributed by atoms with Crippen molar-refractivity contribution in [1.82, 2.24) is 0 Å². The van der Waals surface area contributed by atoms with E-state index in [-0.39, 0.29) is 11.5 Å². The second-order valence-electron chi connectivity index (χ2n) is 2.40. The van der Waals surface area contributed by atoms with Crippen molar-refractivity contribution in [2.45, 2.75) is 0 Å². The Morgan fingerprint density at radius 1 is 1.36 bits per heavy atom. The van der Waals surface area contributed by atoms with Crippen LogP contribution in [0.2, 0.25) is 0 Å². The van der Waals surface area contributed by atoms with E-state index in [1.807, 2.05) is 0 Å². The zero-order chi connectivity index (χ0) is 8.01. The Hall–Kier alpha value is -1.51. The second kappa shape index (κ2) is 1.75. The van der Waals surface area contributed by atoms with Gasteiger partial charge in [0.15, 0.2) is 0 Å². The van der Waals surface area contributed by atoms with Crippen LogP contribution in [0.5, 0.6) is 11.5 Å². The fourth-order valence-electron chi connectivity index (χ4n) is 1.16. The molecule has 56 valence electrons. The Bertz CT molecular complexity index is 341. The van der Waals surface area contributed by atoms with Gasteiger partial charge in [-0.1, -0.05) is 0 Å². The van der Waals surface area contributed by atoms with Crippen LogP contribution in [-0.2, 0) is 0 Å². The van der Waals surface area contributed by atoms with Crippen LogP contribution in [0.25, 0.3) is 0 Å². The molecule has 0 amide bonds. The summed E-state index contributed by atoms with van der Waals surface area (Å²) in [7, 11) is 1.47. The number of hydrogen-bond donors (Lipinski definition) is 1. The van der Waals surface area contributed by atoms with Gasteiger partial charge in [0.1, 0.15) is 11.5 Å². The summed E-state index contributed by atoms with van der Waals surface area (Å²) in [6, 6.07) is 3.07. The van der Waals surface area contributed by atoms with Crippen molar-refractivity contribution >= 4 is 5.78 Å². The quantitative estimate of drug-likeness (QED) is 0.658. The molecule has 2 aliphatic rings. The number of ether oxygens (including phenoxy) is 1. The number of phenolic OH excluding ortho intramolecular Hbond substituents is 1. The van der Waals surface area contributed by atoms with Crippen molar-refractivity contribution in [3.05, 3.63) is 23.3 Å². The highest BCUT2D eigenvalue weighted by molar-refractivity contribution is 6.20. The van der Waals surface area contributed by atoms with Gasteiger partial charge < -0.3 is 9.84 Å². The zero-order valence-corrected chi connectivity index (χ0v) is 5.92. The van der Waals surface area contributed by atoms with Crippen molar-refractivity contribution in [3.63, 3.8) is 0 Å². The molecule has 0 aromatic heterocycles. The summed E-state index contributed by atoms with van der Waals surface area (Å²) in [4.78, 5) is 11.0. The van der Waals surface area contributed by atoms with Gasteiger partial charge in [0.25, 0.3) is 0 Å². The van der Waals surface area contributed by atoms with E-state index in [0.717, 1.165) is 0 Å². The predicted octanol–water partition coefficient (Wildman–Crippen LogP) is 0.945. The summed E-state index contributed by atoms with van der Waals surface area (Å²) in [6.07, 6.45) is 0. The molecule has 1 aromatic carbocycles. The molecule has 0 fully saturated rings. The van der Waals surface area contributed by atoms with Crippen LogP contribution in [-0.4, -0.2) is 18.0 Å². The van der Waals surface area contributed by atoms with E-state index >= 15 is 0 Å². The molecular formula is C8H6O3. The molecule has 0 spiro atoms. The fourth-order valence-corrected chi connectivity index (χ4v) is 1.16. The van der Waals surface area contributed by atoms with E-state index in [0.29, 0.717) is 16.9 Å². The Balaban J connectivity index is 2.66.